The molecule has 1 N–H and O–H groups in total. The Morgan fingerprint density at radius 3 is 2.25 bits per heavy atom. The lowest BCUT2D eigenvalue weighted by atomic mass is 10.2. The Morgan fingerprint density at radius 2 is 2.00 bits per heavy atom. The molecule has 0 bridgehead atoms. The fraction of sp³-hybridized carbons (Fsp3) is 0.400. The van der Waals surface area contributed by atoms with E-state index in [9.17, 15) is 0 Å². The Bertz CT molecular complexity index is 159. The lowest BCUT2D eigenvalue weighted by Crippen LogP contribution is -2.08. The highest BCUT2D eigenvalue weighted by atomic mass is 79.9. The number of halogens is 1. The fourth-order valence-corrected chi connectivity index (χ4v) is 0.881. The van der Waals surface area contributed by atoms with E-state index < -0.39 is 0 Å². The predicted molar refractivity (Wildman–Crippen MR) is 61.6 cm³/mol. The molecule has 0 fully saturated rings. The minimum absolute atomic E-state index is 0.827. The van der Waals surface area contributed by atoms with Crippen molar-refractivity contribution < 1.29 is 0 Å². The monoisotopic (exact) mass is 231 g/mol. The lowest BCUT2D eigenvalue weighted by molar-refractivity contribution is 0.896. The molecular formula is C10H18BrN. The molecule has 0 unspecified atom stereocenters. The van der Waals surface area contributed by atoms with Crippen LogP contribution in [-0.4, -0.2) is 13.6 Å². The van der Waals surface area contributed by atoms with Crippen LogP contribution in [0.2, 0.25) is 0 Å². The van der Waals surface area contributed by atoms with Gasteiger partial charge in [-0.2, -0.15) is 0 Å². The summed E-state index contributed by atoms with van der Waals surface area (Å²) in [6.07, 6.45) is 3.74. The van der Waals surface area contributed by atoms with Crippen molar-refractivity contribution in [1.82, 2.24) is 5.32 Å². The van der Waals surface area contributed by atoms with Crippen LogP contribution in [0.5, 0.6) is 0 Å². The molecule has 12 heavy (non-hydrogen) atoms. The highest BCUT2D eigenvalue weighted by Crippen LogP contribution is 2.06. The maximum Gasteiger partial charge on any atom is 0.0202 e. The van der Waals surface area contributed by atoms with Crippen LogP contribution in [0.25, 0.3) is 0 Å². The van der Waals surface area contributed by atoms with Gasteiger partial charge in [-0.05, 0) is 18.7 Å². The normalized spacial score (nSPS) is 9.83. The molecule has 0 aliphatic rings. The van der Waals surface area contributed by atoms with Crippen LogP contribution in [-0.2, 0) is 0 Å². The van der Waals surface area contributed by atoms with Crippen molar-refractivity contribution in [1.29, 1.82) is 0 Å². The summed E-state index contributed by atoms with van der Waals surface area (Å²) in [5.74, 6) is 0. The SMILES string of the molecule is C=C/C(=C\C(=C)Br)CNC.CC. The summed E-state index contributed by atoms with van der Waals surface area (Å²) in [5.41, 5.74) is 1.13. The van der Waals surface area contributed by atoms with E-state index in [0.29, 0.717) is 0 Å². The smallest absolute Gasteiger partial charge is 0.0202 e. The molecule has 0 atom stereocenters. The first kappa shape index (κ1) is 14.2. The summed E-state index contributed by atoms with van der Waals surface area (Å²) in [7, 11) is 1.90. The quantitative estimate of drug-likeness (QED) is 0.733. The molecule has 1 nitrogen and oxygen atoms in total. The zero-order chi connectivity index (χ0) is 9.98. The maximum absolute atomic E-state index is 3.69. The maximum atomic E-state index is 3.69. The van der Waals surface area contributed by atoms with Gasteiger partial charge in [0.15, 0.2) is 0 Å². The van der Waals surface area contributed by atoms with E-state index in [1.165, 1.54) is 0 Å². The van der Waals surface area contributed by atoms with Gasteiger partial charge in [-0.1, -0.05) is 49.0 Å². The van der Waals surface area contributed by atoms with Crippen LogP contribution < -0.4 is 5.32 Å². The predicted octanol–water partition coefficient (Wildman–Crippen LogP) is 3.25. The average Bonchev–Trinajstić information content (AvgIpc) is 2.07. The molecule has 0 aromatic heterocycles. The third-order valence-corrected chi connectivity index (χ3v) is 1.21. The largest absolute Gasteiger partial charge is 0.316 e. The summed E-state index contributed by atoms with van der Waals surface area (Å²) >= 11 is 3.24. The highest BCUT2D eigenvalue weighted by Gasteiger charge is 1.87. The van der Waals surface area contributed by atoms with E-state index >= 15 is 0 Å². The standard InChI is InChI=1S/C8H12BrN.C2H6/c1-4-8(6-10-3)5-7(2)9;1-2/h4-5,10H,1-2,6H2,3H3;1-2H3/b8-5+;. The van der Waals surface area contributed by atoms with Crippen LogP contribution >= 0.6 is 15.9 Å². The molecule has 0 saturated carbocycles. The first-order chi connectivity index (χ1) is 5.70. The van der Waals surface area contributed by atoms with Gasteiger partial charge in [-0.15, -0.1) is 0 Å². The summed E-state index contributed by atoms with van der Waals surface area (Å²) in [5, 5.41) is 3.02. The molecule has 0 rings (SSSR count). The van der Waals surface area contributed by atoms with Gasteiger partial charge in [-0.3, -0.25) is 0 Å². The van der Waals surface area contributed by atoms with E-state index in [2.05, 4.69) is 34.4 Å². The van der Waals surface area contributed by atoms with Gasteiger partial charge < -0.3 is 5.32 Å². The zero-order valence-corrected chi connectivity index (χ0v) is 9.74. The summed E-state index contributed by atoms with van der Waals surface area (Å²) < 4.78 is 0.873. The van der Waals surface area contributed by atoms with Crippen molar-refractivity contribution in [2.45, 2.75) is 13.8 Å². The lowest BCUT2D eigenvalue weighted by Gasteiger charge is -1.98. The molecule has 0 aromatic carbocycles. The Labute approximate surface area is 84.4 Å². The second kappa shape index (κ2) is 10.7. The first-order valence-corrected chi connectivity index (χ1v) is 4.82. The van der Waals surface area contributed by atoms with Crippen LogP contribution in [0, 0.1) is 0 Å². The number of likely N-dealkylation sites (N-methyl/N-ethyl adjacent to an activating group) is 1. The molecule has 0 spiro atoms. The Morgan fingerprint density at radius 1 is 1.50 bits per heavy atom. The second-order valence-electron chi connectivity index (χ2n) is 1.90. The van der Waals surface area contributed by atoms with Crippen molar-refractivity contribution in [2.24, 2.45) is 0 Å². The van der Waals surface area contributed by atoms with E-state index in [1.807, 2.05) is 33.0 Å². The minimum Gasteiger partial charge on any atom is -0.316 e. The van der Waals surface area contributed by atoms with Gasteiger partial charge in [-0.25, -0.2) is 0 Å². The van der Waals surface area contributed by atoms with E-state index in [0.717, 1.165) is 16.6 Å². The molecule has 0 saturated heterocycles. The first-order valence-electron chi connectivity index (χ1n) is 4.02. The summed E-state index contributed by atoms with van der Waals surface area (Å²) in [6, 6.07) is 0. The van der Waals surface area contributed by atoms with E-state index in [-0.39, 0.29) is 0 Å². The second-order valence-corrected chi connectivity index (χ2v) is 2.92. The van der Waals surface area contributed by atoms with Crippen molar-refractivity contribution in [3.63, 3.8) is 0 Å². The van der Waals surface area contributed by atoms with Gasteiger partial charge in [0.2, 0.25) is 0 Å². The van der Waals surface area contributed by atoms with Crippen LogP contribution in [0.3, 0.4) is 0 Å². The van der Waals surface area contributed by atoms with Crippen molar-refractivity contribution in [3.8, 4) is 0 Å². The Balaban J connectivity index is 0. The average molecular weight is 232 g/mol. The Kier molecular flexibility index (Phi) is 12.6. The molecule has 0 aromatic rings. The van der Waals surface area contributed by atoms with Gasteiger partial charge in [0.1, 0.15) is 0 Å². The summed E-state index contributed by atoms with van der Waals surface area (Å²) in [6.45, 7) is 12.2. The zero-order valence-electron chi connectivity index (χ0n) is 8.15. The molecule has 0 amide bonds. The number of hydrogen-bond acceptors (Lipinski definition) is 1. The van der Waals surface area contributed by atoms with Crippen LogP contribution in [0.4, 0.5) is 0 Å². The third-order valence-electron chi connectivity index (χ3n) is 0.985. The topological polar surface area (TPSA) is 12.0 Å². The van der Waals surface area contributed by atoms with Crippen molar-refractivity contribution in [2.75, 3.05) is 13.6 Å². The number of allylic oxidation sites excluding steroid dienone is 2. The molecule has 0 heterocycles. The summed E-state index contributed by atoms with van der Waals surface area (Å²) in [4.78, 5) is 0. The molecular weight excluding hydrogens is 214 g/mol. The van der Waals surface area contributed by atoms with E-state index in [4.69, 9.17) is 0 Å². The van der Waals surface area contributed by atoms with Gasteiger partial charge in [0.25, 0.3) is 0 Å². The molecule has 0 radical (unpaired) electrons. The van der Waals surface area contributed by atoms with Crippen LogP contribution in [0.1, 0.15) is 13.8 Å². The minimum atomic E-state index is 0.827. The fourth-order valence-electron chi connectivity index (χ4n) is 0.587. The van der Waals surface area contributed by atoms with Crippen molar-refractivity contribution in [3.05, 3.63) is 35.4 Å². The van der Waals surface area contributed by atoms with Crippen molar-refractivity contribution >= 4 is 15.9 Å². The molecule has 0 aliphatic heterocycles. The van der Waals surface area contributed by atoms with Gasteiger partial charge in [0.05, 0.1) is 0 Å². The Hall–Kier alpha value is -0.340. The van der Waals surface area contributed by atoms with Gasteiger partial charge in [0, 0.05) is 11.0 Å². The van der Waals surface area contributed by atoms with Gasteiger partial charge >= 0.3 is 0 Å². The third kappa shape index (κ3) is 9.66. The number of nitrogens with one attached hydrogen (secondary N) is 1. The molecule has 70 valence electrons. The number of hydrogen-bond donors (Lipinski definition) is 1. The van der Waals surface area contributed by atoms with Crippen LogP contribution in [0.15, 0.2) is 35.4 Å². The van der Waals surface area contributed by atoms with E-state index in [1.54, 1.807) is 0 Å². The molecule has 2 heteroatoms. The molecule has 0 aliphatic carbocycles. The number of rotatable bonds is 4. The highest BCUT2D eigenvalue weighted by molar-refractivity contribution is 9.11.